The van der Waals surface area contributed by atoms with E-state index < -0.39 is 10.3 Å². The number of carbonyl (C=O) groups excluding carboxylic acids is 1. The van der Waals surface area contributed by atoms with Crippen LogP contribution in [0.2, 0.25) is 0 Å². The fourth-order valence-corrected chi connectivity index (χ4v) is 1.71. The molecule has 1 radical (unpaired) electrons. The summed E-state index contributed by atoms with van der Waals surface area (Å²) in [6.45, 7) is 2.89. The second kappa shape index (κ2) is 8.30. The summed E-state index contributed by atoms with van der Waals surface area (Å²) in [6.07, 6.45) is 13.0. The molecule has 3 heteroatoms. The van der Waals surface area contributed by atoms with Crippen LogP contribution in [0.1, 0.15) is 45.4 Å². The minimum atomic E-state index is -1.65. The smallest absolute Gasteiger partial charge is 0.181 e. The Balaban J connectivity index is 3.17. The van der Waals surface area contributed by atoms with Crippen molar-refractivity contribution >= 4 is 15.9 Å². The van der Waals surface area contributed by atoms with Gasteiger partial charge in [-0.15, -0.1) is 0 Å². The predicted octanol–water partition coefficient (Wildman–Crippen LogP) is 3.69. The van der Waals surface area contributed by atoms with Crippen molar-refractivity contribution in [3.8, 4) is 0 Å². The maximum atomic E-state index is 10.5. The molecule has 14 heavy (non-hydrogen) atoms. The zero-order valence-electron chi connectivity index (χ0n) is 9.46. The fourth-order valence-electron chi connectivity index (χ4n) is 1.16. The fraction of sp³-hybridized carbons (Fsp3) is 0.818. The zero-order valence-corrected chi connectivity index (χ0v) is 10.3. The zero-order chi connectivity index (χ0) is 10.9. The minimum Gasteiger partial charge on any atom is -0.330 e. The van der Waals surface area contributed by atoms with E-state index >= 15 is 0 Å². The maximum Gasteiger partial charge on any atom is 0.181 e. The molecule has 0 N–H and O–H groups in total. The Bertz CT molecular complexity index is 146. The van der Waals surface area contributed by atoms with Crippen molar-refractivity contribution in [1.82, 2.24) is 0 Å². The SMILES string of the molecule is [CH2]S(C)(C=O)OCCCCCCCC. The third-order valence-corrected chi connectivity index (χ3v) is 3.17. The van der Waals surface area contributed by atoms with Gasteiger partial charge in [0.15, 0.2) is 5.62 Å². The molecule has 0 heterocycles. The highest BCUT2D eigenvalue weighted by molar-refractivity contribution is 8.40. The second-order valence-electron chi connectivity index (χ2n) is 3.76. The summed E-state index contributed by atoms with van der Waals surface area (Å²) >= 11 is 0. The molecule has 1 atom stereocenters. The highest BCUT2D eigenvalue weighted by Gasteiger charge is 2.09. The molecule has 0 amide bonds. The number of carbonyl (C=O) groups is 1. The lowest BCUT2D eigenvalue weighted by Gasteiger charge is -2.22. The molecule has 0 aromatic rings. The lowest BCUT2D eigenvalue weighted by Crippen LogP contribution is -2.01. The molecule has 0 saturated carbocycles. The van der Waals surface area contributed by atoms with Crippen LogP contribution in [0.25, 0.3) is 0 Å². The number of unbranched alkanes of at least 4 members (excludes halogenated alkanes) is 5. The molecule has 2 nitrogen and oxygen atoms in total. The van der Waals surface area contributed by atoms with Crippen LogP contribution in [0, 0.1) is 6.26 Å². The Morgan fingerprint density at radius 3 is 2.36 bits per heavy atom. The first-order chi connectivity index (χ1) is 6.62. The lowest BCUT2D eigenvalue weighted by molar-refractivity contribution is 0.347. The number of rotatable bonds is 9. The highest BCUT2D eigenvalue weighted by atomic mass is 32.3. The minimum absolute atomic E-state index is 0.681. The summed E-state index contributed by atoms with van der Waals surface area (Å²) in [5.41, 5.74) is 0.837. The van der Waals surface area contributed by atoms with Crippen molar-refractivity contribution in [3.63, 3.8) is 0 Å². The van der Waals surface area contributed by atoms with Crippen LogP contribution in [-0.4, -0.2) is 18.5 Å². The van der Waals surface area contributed by atoms with E-state index in [9.17, 15) is 4.79 Å². The monoisotopic (exact) mass is 219 g/mol. The Morgan fingerprint density at radius 2 is 1.79 bits per heavy atom. The number of hydrogen-bond donors (Lipinski definition) is 0. The van der Waals surface area contributed by atoms with Crippen LogP contribution < -0.4 is 0 Å². The molecule has 0 aliphatic heterocycles. The van der Waals surface area contributed by atoms with Crippen LogP contribution in [0.4, 0.5) is 0 Å². The maximum absolute atomic E-state index is 10.5. The molecule has 0 aromatic carbocycles. The van der Waals surface area contributed by atoms with Gasteiger partial charge in [0, 0.05) is 6.26 Å². The first-order valence-electron chi connectivity index (χ1n) is 5.33. The average molecular weight is 219 g/mol. The summed E-state index contributed by atoms with van der Waals surface area (Å²) < 4.78 is 5.39. The molecular weight excluding hydrogens is 196 g/mol. The second-order valence-corrected chi connectivity index (χ2v) is 6.33. The van der Waals surface area contributed by atoms with Crippen molar-refractivity contribution in [2.45, 2.75) is 45.4 Å². The van der Waals surface area contributed by atoms with Gasteiger partial charge in [-0.3, -0.25) is 4.79 Å². The molecular formula is C11H23O2S. The van der Waals surface area contributed by atoms with Gasteiger partial charge in [0.2, 0.25) is 0 Å². The van der Waals surface area contributed by atoms with E-state index in [1.807, 2.05) is 0 Å². The molecule has 0 aromatic heterocycles. The van der Waals surface area contributed by atoms with Crippen molar-refractivity contribution in [2.75, 3.05) is 12.9 Å². The predicted molar refractivity (Wildman–Crippen MR) is 65.0 cm³/mol. The van der Waals surface area contributed by atoms with Gasteiger partial charge in [-0.05, 0) is 12.7 Å². The Kier molecular flexibility index (Phi) is 8.29. The first-order valence-corrected chi connectivity index (χ1v) is 7.53. The largest absolute Gasteiger partial charge is 0.330 e. The van der Waals surface area contributed by atoms with Crippen molar-refractivity contribution in [1.29, 1.82) is 0 Å². The molecule has 1 unspecified atom stereocenters. The number of hydrogen-bond acceptors (Lipinski definition) is 2. The molecule has 0 fully saturated rings. The van der Waals surface area contributed by atoms with E-state index in [0.29, 0.717) is 6.61 Å². The Labute approximate surface area is 89.9 Å². The van der Waals surface area contributed by atoms with Crippen LogP contribution in [-0.2, 0) is 8.98 Å². The Hall–Kier alpha value is -0.0200. The van der Waals surface area contributed by atoms with Gasteiger partial charge in [-0.2, -0.15) is 0 Å². The van der Waals surface area contributed by atoms with Gasteiger partial charge in [0.25, 0.3) is 0 Å². The molecule has 0 spiro atoms. The quantitative estimate of drug-likeness (QED) is 0.436. The Morgan fingerprint density at radius 1 is 1.21 bits per heavy atom. The van der Waals surface area contributed by atoms with E-state index in [-0.39, 0.29) is 0 Å². The van der Waals surface area contributed by atoms with Crippen LogP contribution >= 0.6 is 10.3 Å². The van der Waals surface area contributed by atoms with Crippen molar-refractivity contribution in [3.05, 3.63) is 6.26 Å². The molecule has 0 aliphatic carbocycles. The molecule has 0 rings (SSSR count). The van der Waals surface area contributed by atoms with E-state index in [2.05, 4.69) is 13.2 Å². The molecule has 0 saturated heterocycles. The van der Waals surface area contributed by atoms with Gasteiger partial charge in [0.05, 0.1) is 6.61 Å². The van der Waals surface area contributed by atoms with Crippen molar-refractivity contribution < 1.29 is 8.98 Å². The lowest BCUT2D eigenvalue weighted by atomic mass is 10.1. The van der Waals surface area contributed by atoms with Gasteiger partial charge in [0.1, 0.15) is 0 Å². The van der Waals surface area contributed by atoms with E-state index in [1.54, 1.807) is 6.26 Å². The molecule has 0 bridgehead atoms. The summed E-state index contributed by atoms with van der Waals surface area (Å²) in [4.78, 5) is 10.5. The van der Waals surface area contributed by atoms with Crippen LogP contribution in [0.3, 0.4) is 0 Å². The van der Waals surface area contributed by atoms with E-state index in [1.165, 1.54) is 32.1 Å². The van der Waals surface area contributed by atoms with Gasteiger partial charge >= 0.3 is 0 Å². The first kappa shape index (κ1) is 14.0. The van der Waals surface area contributed by atoms with Gasteiger partial charge in [-0.1, -0.05) is 49.3 Å². The van der Waals surface area contributed by atoms with Crippen LogP contribution in [0.15, 0.2) is 0 Å². The van der Waals surface area contributed by atoms with Crippen molar-refractivity contribution in [2.24, 2.45) is 0 Å². The van der Waals surface area contributed by atoms with E-state index in [4.69, 9.17) is 4.18 Å². The standard InChI is InChI=1S/C11H23O2S/c1-4-5-6-7-8-9-10-13-14(2,3)11-12/h11H,2,4-10H2,1,3H3. The van der Waals surface area contributed by atoms with Gasteiger partial charge < -0.3 is 4.18 Å². The molecule has 0 aliphatic rings. The van der Waals surface area contributed by atoms with Crippen LogP contribution in [0.5, 0.6) is 0 Å². The summed E-state index contributed by atoms with van der Waals surface area (Å²) in [5, 5.41) is 0. The summed E-state index contributed by atoms with van der Waals surface area (Å²) in [5.74, 6) is 0. The summed E-state index contributed by atoms with van der Waals surface area (Å²) in [7, 11) is -1.65. The average Bonchev–Trinajstić information content (AvgIpc) is 2.16. The van der Waals surface area contributed by atoms with Gasteiger partial charge in [-0.25, -0.2) is 0 Å². The third kappa shape index (κ3) is 8.57. The molecule has 85 valence electrons. The topological polar surface area (TPSA) is 26.3 Å². The third-order valence-electron chi connectivity index (χ3n) is 2.05. The summed E-state index contributed by atoms with van der Waals surface area (Å²) in [6, 6.07) is 0. The normalized spacial score (nSPS) is 12.8. The van der Waals surface area contributed by atoms with E-state index in [0.717, 1.165) is 12.0 Å². The highest BCUT2D eigenvalue weighted by Crippen LogP contribution is 2.39.